The van der Waals surface area contributed by atoms with Gasteiger partial charge in [0.2, 0.25) is 0 Å². The molecular formula is C26H18BrCl2IN2O4. The molecule has 1 aliphatic heterocycles. The molecule has 0 unspecified atom stereocenters. The van der Waals surface area contributed by atoms with E-state index in [-0.39, 0.29) is 12.2 Å². The van der Waals surface area contributed by atoms with Crippen molar-refractivity contribution in [2.24, 2.45) is 0 Å². The SMILES string of the molecule is Cc1cc(C)cc(N2C(=O)NC(=O)/C(=C\c3cc(Br)c(OCc4ccc(Cl)cc4Cl)c(I)c3)C2=O)c1. The standard InChI is InChI=1S/C26H18BrCl2IN2O4/c1-13-5-14(2)7-18(6-13)32-25(34)19(24(33)31-26(32)35)8-15-9-20(27)23(22(30)10-15)36-12-16-3-4-17(28)11-21(16)29/h3-11H,12H2,1-2H3,(H,31,33,35)/b19-8+. The molecule has 0 atom stereocenters. The van der Waals surface area contributed by atoms with E-state index in [1.165, 1.54) is 6.08 Å². The van der Waals surface area contributed by atoms with Crippen molar-refractivity contribution in [3.05, 3.63) is 94.4 Å². The Kier molecular flexibility index (Phi) is 8.09. The number of anilines is 1. The first-order valence-electron chi connectivity index (χ1n) is 10.6. The van der Waals surface area contributed by atoms with Crippen LogP contribution >= 0.6 is 61.7 Å². The maximum absolute atomic E-state index is 13.2. The number of hydrogen-bond donors (Lipinski definition) is 1. The van der Waals surface area contributed by atoms with Crippen LogP contribution in [0, 0.1) is 17.4 Å². The number of benzene rings is 3. The largest absolute Gasteiger partial charge is 0.487 e. The number of nitrogens with one attached hydrogen (secondary N) is 1. The molecule has 10 heteroatoms. The number of nitrogens with zero attached hydrogens (tertiary/aromatic N) is 1. The first kappa shape index (κ1) is 26.7. The van der Waals surface area contributed by atoms with Crippen LogP contribution in [0.5, 0.6) is 5.75 Å². The maximum atomic E-state index is 13.2. The van der Waals surface area contributed by atoms with E-state index in [2.05, 4.69) is 43.8 Å². The van der Waals surface area contributed by atoms with Crippen molar-refractivity contribution >= 4 is 91.3 Å². The number of carbonyl (C=O) groups excluding carboxylic acids is 3. The van der Waals surface area contributed by atoms with Gasteiger partial charge in [0.1, 0.15) is 17.9 Å². The number of rotatable bonds is 5. The molecule has 4 amide bonds. The van der Waals surface area contributed by atoms with Crippen molar-refractivity contribution in [3.8, 4) is 5.75 Å². The zero-order valence-corrected chi connectivity index (χ0v) is 24.3. The third-order valence-electron chi connectivity index (χ3n) is 5.29. The summed E-state index contributed by atoms with van der Waals surface area (Å²) in [6.45, 7) is 3.96. The predicted octanol–water partition coefficient (Wildman–Crippen LogP) is 7.22. The second kappa shape index (κ2) is 10.9. The van der Waals surface area contributed by atoms with Gasteiger partial charge in [-0.1, -0.05) is 35.3 Å². The Morgan fingerprint density at radius 3 is 2.36 bits per heavy atom. The Hall–Kier alpha value is -2.40. The smallest absolute Gasteiger partial charge is 0.335 e. The lowest BCUT2D eigenvalue weighted by atomic mass is 10.1. The van der Waals surface area contributed by atoms with Gasteiger partial charge >= 0.3 is 6.03 Å². The summed E-state index contributed by atoms with van der Waals surface area (Å²) in [5.74, 6) is -0.873. The Balaban J connectivity index is 1.62. The summed E-state index contributed by atoms with van der Waals surface area (Å²) in [5.41, 5.74) is 3.38. The highest BCUT2D eigenvalue weighted by Gasteiger charge is 2.37. The van der Waals surface area contributed by atoms with E-state index in [0.29, 0.717) is 31.5 Å². The van der Waals surface area contributed by atoms with E-state index < -0.39 is 17.8 Å². The van der Waals surface area contributed by atoms with Crippen molar-refractivity contribution in [2.75, 3.05) is 4.90 Å². The number of ether oxygens (including phenoxy) is 1. The molecule has 3 aromatic carbocycles. The molecule has 36 heavy (non-hydrogen) atoms. The molecule has 1 aliphatic rings. The second-order valence-electron chi connectivity index (χ2n) is 8.14. The minimum Gasteiger partial charge on any atom is -0.487 e. The highest BCUT2D eigenvalue weighted by Crippen LogP contribution is 2.34. The molecule has 0 radical (unpaired) electrons. The van der Waals surface area contributed by atoms with E-state index in [4.69, 9.17) is 27.9 Å². The number of halogens is 4. The summed E-state index contributed by atoms with van der Waals surface area (Å²) in [4.78, 5) is 39.3. The molecule has 1 heterocycles. The molecule has 0 bridgehead atoms. The molecule has 1 N–H and O–H groups in total. The minimum atomic E-state index is -0.785. The molecule has 1 fully saturated rings. The quantitative estimate of drug-likeness (QED) is 0.173. The summed E-state index contributed by atoms with van der Waals surface area (Å²) in [7, 11) is 0. The molecule has 0 aliphatic carbocycles. The van der Waals surface area contributed by atoms with Crippen molar-refractivity contribution < 1.29 is 19.1 Å². The summed E-state index contributed by atoms with van der Waals surface area (Å²) < 4.78 is 7.33. The monoisotopic (exact) mass is 698 g/mol. The highest BCUT2D eigenvalue weighted by molar-refractivity contribution is 14.1. The van der Waals surface area contributed by atoms with Crippen LogP contribution in [-0.4, -0.2) is 17.8 Å². The normalized spacial score (nSPS) is 14.9. The van der Waals surface area contributed by atoms with Crippen LogP contribution in [0.2, 0.25) is 10.0 Å². The van der Waals surface area contributed by atoms with Gasteiger partial charge in [-0.15, -0.1) is 0 Å². The number of barbiturate groups is 1. The second-order valence-corrected chi connectivity index (χ2v) is 11.0. The average molecular weight is 700 g/mol. The lowest BCUT2D eigenvalue weighted by Gasteiger charge is -2.27. The van der Waals surface area contributed by atoms with Crippen molar-refractivity contribution in [1.29, 1.82) is 0 Å². The van der Waals surface area contributed by atoms with Gasteiger partial charge in [0.25, 0.3) is 11.8 Å². The number of amides is 4. The molecule has 3 aromatic rings. The Labute approximate surface area is 239 Å². The van der Waals surface area contributed by atoms with Gasteiger partial charge in [0.05, 0.1) is 13.7 Å². The summed E-state index contributed by atoms with van der Waals surface area (Å²) in [6, 6.07) is 13.3. The van der Waals surface area contributed by atoms with Crippen molar-refractivity contribution in [3.63, 3.8) is 0 Å². The zero-order chi connectivity index (χ0) is 26.1. The third-order valence-corrected chi connectivity index (χ3v) is 7.26. The van der Waals surface area contributed by atoms with E-state index in [1.807, 2.05) is 19.9 Å². The summed E-state index contributed by atoms with van der Waals surface area (Å²) >= 11 is 17.8. The fourth-order valence-electron chi connectivity index (χ4n) is 3.73. The first-order valence-corrected chi connectivity index (χ1v) is 13.2. The molecule has 1 saturated heterocycles. The van der Waals surface area contributed by atoms with Gasteiger partial charge in [-0.05, 0) is 112 Å². The van der Waals surface area contributed by atoms with Gasteiger partial charge in [-0.2, -0.15) is 0 Å². The Morgan fingerprint density at radius 1 is 1.03 bits per heavy atom. The molecule has 6 nitrogen and oxygen atoms in total. The number of hydrogen-bond acceptors (Lipinski definition) is 4. The first-order chi connectivity index (χ1) is 17.0. The van der Waals surface area contributed by atoms with Crippen LogP contribution in [0.15, 0.2) is 58.6 Å². The summed E-state index contributed by atoms with van der Waals surface area (Å²) in [5, 5.41) is 3.29. The fourth-order valence-corrected chi connectivity index (χ4v) is 5.96. The third kappa shape index (κ3) is 5.77. The molecule has 0 aromatic heterocycles. The zero-order valence-electron chi connectivity index (χ0n) is 19.0. The molecular weight excluding hydrogens is 682 g/mol. The van der Waals surface area contributed by atoms with E-state index in [1.54, 1.807) is 42.5 Å². The number of aryl methyl sites for hydroxylation is 2. The minimum absolute atomic E-state index is 0.155. The molecule has 184 valence electrons. The fraction of sp³-hybridized carbons (Fsp3) is 0.115. The molecule has 0 saturated carbocycles. The van der Waals surface area contributed by atoms with Crippen LogP contribution in [0.3, 0.4) is 0 Å². The van der Waals surface area contributed by atoms with Crippen LogP contribution in [0.4, 0.5) is 10.5 Å². The van der Waals surface area contributed by atoms with Gasteiger partial charge in [-0.25, -0.2) is 9.69 Å². The van der Waals surface area contributed by atoms with E-state index in [9.17, 15) is 14.4 Å². The van der Waals surface area contributed by atoms with Crippen LogP contribution in [0.25, 0.3) is 6.08 Å². The lowest BCUT2D eigenvalue weighted by molar-refractivity contribution is -0.122. The van der Waals surface area contributed by atoms with Gasteiger partial charge < -0.3 is 4.74 Å². The lowest BCUT2D eigenvalue weighted by Crippen LogP contribution is -2.54. The predicted molar refractivity (Wildman–Crippen MR) is 153 cm³/mol. The van der Waals surface area contributed by atoms with Gasteiger partial charge in [0.15, 0.2) is 0 Å². The van der Waals surface area contributed by atoms with Gasteiger partial charge in [-0.3, -0.25) is 14.9 Å². The molecule has 0 spiro atoms. The van der Waals surface area contributed by atoms with Crippen LogP contribution in [0.1, 0.15) is 22.3 Å². The maximum Gasteiger partial charge on any atom is 0.335 e. The Bertz CT molecular complexity index is 1410. The van der Waals surface area contributed by atoms with Crippen molar-refractivity contribution in [2.45, 2.75) is 20.5 Å². The topological polar surface area (TPSA) is 75.7 Å². The summed E-state index contributed by atoms with van der Waals surface area (Å²) in [6.07, 6.45) is 1.45. The number of urea groups is 1. The van der Waals surface area contributed by atoms with Crippen LogP contribution in [-0.2, 0) is 16.2 Å². The Morgan fingerprint density at radius 2 is 1.72 bits per heavy atom. The highest BCUT2D eigenvalue weighted by atomic mass is 127. The number of imide groups is 2. The van der Waals surface area contributed by atoms with Crippen LogP contribution < -0.4 is 15.0 Å². The van der Waals surface area contributed by atoms with Gasteiger partial charge in [0, 0.05) is 15.6 Å². The van der Waals surface area contributed by atoms with E-state index in [0.717, 1.165) is 25.2 Å². The molecule has 4 rings (SSSR count). The number of carbonyl (C=O) groups is 3. The average Bonchev–Trinajstić information content (AvgIpc) is 2.76. The van der Waals surface area contributed by atoms with E-state index >= 15 is 0 Å². The van der Waals surface area contributed by atoms with Crippen molar-refractivity contribution in [1.82, 2.24) is 5.32 Å².